The SMILES string of the molecule is Cc1cccc(C)c1-n1nnnc1[C@@H](c1ccc(Oc2ccccc2)cc1)N1CCN(C/C=C/c2ccccc2)CC1. The van der Waals surface area contributed by atoms with Gasteiger partial charge in [0.25, 0.3) is 0 Å². The van der Waals surface area contributed by atoms with Crippen molar-refractivity contribution in [3.63, 3.8) is 0 Å². The van der Waals surface area contributed by atoms with Crippen LogP contribution in [-0.2, 0) is 0 Å². The molecule has 1 aliphatic rings. The summed E-state index contributed by atoms with van der Waals surface area (Å²) < 4.78 is 8.01. The van der Waals surface area contributed by atoms with Crippen LogP contribution in [0.25, 0.3) is 11.8 Å². The van der Waals surface area contributed by atoms with Crippen LogP contribution >= 0.6 is 0 Å². The maximum Gasteiger partial charge on any atom is 0.178 e. The van der Waals surface area contributed by atoms with Crippen molar-refractivity contribution in [3.8, 4) is 17.2 Å². The highest BCUT2D eigenvalue weighted by Crippen LogP contribution is 2.32. The monoisotopic (exact) mass is 556 g/mol. The van der Waals surface area contributed by atoms with Gasteiger partial charge in [-0.15, -0.1) is 5.10 Å². The Morgan fingerprint density at radius 3 is 2.07 bits per heavy atom. The van der Waals surface area contributed by atoms with Crippen molar-refractivity contribution >= 4 is 6.08 Å². The van der Waals surface area contributed by atoms with E-state index in [1.54, 1.807) is 0 Å². The molecule has 0 saturated carbocycles. The molecule has 1 saturated heterocycles. The first-order valence-electron chi connectivity index (χ1n) is 14.5. The third kappa shape index (κ3) is 6.33. The number of aromatic nitrogens is 4. The van der Waals surface area contributed by atoms with Gasteiger partial charge in [-0.25, -0.2) is 0 Å². The molecule has 1 atom stereocenters. The number of piperazine rings is 1. The van der Waals surface area contributed by atoms with Gasteiger partial charge in [0.05, 0.1) is 11.7 Å². The highest BCUT2D eigenvalue weighted by molar-refractivity contribution is 5.49. The van der Waals surface area contributed by atoms with Gasteiger partial charge in [0.2, 0.25) is 0 Å². The molecule has 1 aromatic heterocycles. The fourth-order valence-corrected chi connectivity index (χ4v) is 5.64. The van der Waals surface area contributed by atoms with Crippen LogP contribution in [0.15, 0.2) is 109 Å². The normalized spacial score (nSPS) is 15.2. The molecule has 4 aromatic carbocycles. The van der Waals surface area contributed by atoms with Gasteiger partial charge in [-0.3, -0.25) is 9.80 Å². The lowest BCUT2D eigenvalue weighted by molar-refractivity contribution is 0.113. The van der Waals surface area contributed by atoms with E-state index in [1.165, 1.54) is 5.56 Å². The Balaban J connectivity index is 1.26. The third-order valence-corrected chi connectivity index (χ3v) is 7.81. The van der Waals surface area contributed by atoms with Crippen LogP contribution in [0.2, 0.25) is 0 Å². The summed E-state index contributed by atoms with van der Waals surface area (Å²) in [7, 11) is 0. The second kappa shape index (κ2) is 12.9. The van der Waals surface area contributed by atoms with Crippen molar-refractivity contribution in [3.05, 3.63) is 137 Å². The number of para-hydroxylation sites is 2. The molecule has 0 unspecified atom stereocenters. The van der Waals surface area contributed by atoms with Gasteiger partial charge < -0.3 is 4.74 Å². The Morgan fingerprint density at radius 2 is 1.38 bits per heavy atom. The lowest BCUT2D eigenvalue weighted by Gasteiger charge is -2.38. The number of benzene rings is 4. The summed E-state index contributed by atoms with van der Waals surface area (Å²) in [5.74, 6) is 2.44. The van der Waals surface area contributed by atoms with Gasteiger partial charge in [0, 0.05) is 32.7 Å². The van der Waals surface area contributed by atoms with Crippen LogP contribution < -0.4 is 4.74 Å². The number of rotatable bonds is 9. The predicted molar refractivity (Wildman–Crippen MR) is 167 cm³/mol. The Kier molecular flexibility index (Phi) is 8.49. The van der Waals surface area contributed by atoms with Crippen LogP contribution in [0.1, 0.15) is 34.1 Å². The standard InChI is InChI=1S/C35H36N6O/c1-27-11-9-12-28(2)33(27)41-35(36-37-38-41)34(30-18-20-32(21-19-30)42-31-16-7-4-8-17-31)40-25-23-39(24-26-40)22-10-15-29-13-5-3-6-14-29/h3-21,34H,22-26H2,1-2H3/b15-10+/t34-/m1/s1. The fourth-order valence-electron chi connectivity index (χ4n) is 5.64. The van der Waals surface area contributed by atoms with Gasteiger partial charge in [-0.05, 0) is 70.8 Å². The zero-order valence-corrected chi connectivity index (χ0v) is 24.2. The topological polar surface area (TPSA) is 59.3 Å². The molecule has 42 heavy (non-hydrogen) atoms. The maximum atomic E-state index is 6.09. The summed E-state index contributed by atoms with van der Waals surface area (Å²) >= 11 is 0. The second-order valence-electron chi connectivity index (χ2n) is 10.7. The Hall–Kier alpha value is -4.59. The van der Waals surface area contributed by atoms with Crippen molar-refractivity contribution in [2.45, 2.75) is 19.9 Å². The van der Waals surface area contributed by atoms with Crippen molar-refractivity contribution in [2.75, 3.05) is 32.7 Å². The molecule has 212 valence electrons. The molecule has 0 bridgehead atoms. The molecule has 7 nitrogen and oxygen atoms in total. The maximum absolute atomic E-state index is 6.09. The van der Waals surface area contributed by atoms with Crippen LogP contribution in [0, 0.1) is 13.8 Å². The first-order valence-corrected chi connectivity index (χ1v) is 14.5. The summed E-state index contributed by atoms with van der Waals surface area (Å²) in [5, 5.41) is 13.3. The Labute approximate surface area is 247 Å². The minimum atomic E-state index is -0.105. The lowest BCUT2D eigenvalue weighted by Crippen LogP contribution is -2.48. The average molecular weight is 557 g/mol. The zero-order chi connectivity index (χ0) is 28.7. The quantitative estimate of drug-likeness (QED) is 0.207. The molecular formula is C35H36N6O. The summed E-state index contributed by atoms with van der Waals surface area (Å²) in [5.41, 5.74) is 5.69. The van der Waals surface area contributed by atoms with E-state index in [-0.39, 0.29) is 6.04 Å². The van der Waals surface area contributed by atoms with E-state index >= 15 is 0 Å². The Morgan fingerprint density at radius 1 is 0.738 bits per heavy atom. The largest absolute Gasteiger partial charge is 0.457 e. The minimum absolute atomic E-state index is 0.105. The number of tetrazole rings is 1. The molecule has 1 aliphatic heterocycles. The molecule has 1 fully saturated rings. The molecule has 0 radical (unpaired) electrons. The molecule has 6 rings (SSSR count). The molecule has 0 spiro atoms. The van der Waals surface area contributed by atoms with Gasteiger partial charge in [0.1, 0.15) is 11.5 Å². The third-order valence-electron chi connectivity index (χ3n) is 7.81. The second-order valence-corrected chi connectivity index (χ2v) is 10.7. The van der Waals surface area contributed by atoms with Crippen molar-refractivity contribution in [1.29, 1.82) is 0 Å². The average Bonchev–Trinajstić information content (AvgIpc) is 3.49. The first-order chi connectivity index (χ1) is 20.7. The Bertz CT molecular complexity index is 1590. The molecule has 2 heterocycles. The smallest absolute Gasteiger partial charge is 0.178 e. The highest BCUT2D eigenvalue weighted by Gasteiger charge is 2.31. The summed E-state index contributed by atoms with van der Waals surface area (Å²) in [6.07, 6.45) is 4.46. The first kappa shape index (κ1) is 27.6. The number of ether oxygens (including phenoxy) is 1. The number of hydrogen-bond donors (Lipinski definition) is 0. The van der Waals surface area contributed by atoms with Crippen molar-refractivity contribution in [2.24, 2.45) is 0 Å². The van der Waals surface area contributed by atoms with Crippen LogP contribution in [0.4, 0.5) is 0 Å². The number of nitrogens with zero attached hydrogens (tertiary/aromatic N) is 6. The summed E-state index contributed by atoms with van der Waals surface area (Å²) in [6.45, 7) is 8.91. The van der Waals surface area contributed by atoms with Gasteiger partial charge in [-0.2, -0.15) is 4.68 Å². The van der Waals surface area contributed by atoms with Crippen LogP contribution in [0.5, 0.6) is 11.5 Å². The molecule has 7 heteroatoms. The van der Waals surface area contributed by atoms with E-state index in [9.17, 15) is 0 Å². The summed E-state index contributed by atoms with van der Waals surface area (Å²) in [6, 6.07) is 34.9. The number of aryl methyl sites for hydroxylation is 2. The van der Waals surface area contributed by atoms with Gasteiger partial charge >= 0.3 is 0 Å². The lowest BCUT2D eigenvalue weighted by atomic mass is 10.0. The van der Waals surface area contributed by atoms with Gasteiger partial charge in [0.15, 0.2) is 5.82 Å². The fraction of sp³-hybridized carbons (Fsp3) is 0.229. The molecule has 0 amide bonds. The summed E-state index contributed by atoms with van der Waals surface area (Å²) in [4.78, 5) is 5.00. The molecule has 0 aliphatic carbocycles. The van der Waals surface area contributed by atoms with Crippen molar-refractivity contribution < 1.29 is 4.74 Å². The van der Waals surface area contributed by atoms with E-state index in [4.69, 9.17) is 4.74 Å². The van der Waals surface area contributed by atoms with Crippen LogP contribution in [0.3, 0.4) is 0 Å². The van der Waals surface area contributed by atoms with E-state index in [0.717, 1.165) is 72.4 Å². The van der Waals surface area contributed by atoms with E-state index in [0.29, 0.717) is 0 Å². The predicted octanol–water partition coefficient (Wildman–Crippen LogP) is 6.49. The minimum Gasteiger partial charge on any atom is -0.457 e. The van der Waals surface area contributed by atoms with Crippen molar-refractivity contribution in [1.82, 2.24) is 30.0 Å². The van der Waals surface area contributed by atoms with E-state index in [2.05, 4.69) is 106 Å². The van der Waals surface area contributed by atoms with Gasteiger partial charge in [-0.1, -0.05) is 91.0 Å². The molecular weight excluding hydrogens is 520 g/mol. The molecule has 5 aromatic rings. The zero-order valence-electron chi connectivity index (χ0n) is 24.2. The highest BCUT2D eigenvalue weighted by atomic mass is 16.5. The van der Waals surface area contributed by atoms with Crippen LogP contribution in [-0.4, -0.2) is 62.7 Å². The van der Waals surface area contributed by atoms with E-state index < -0.39 is 0 Å². The number of hydrogen-bond acceptors (Lipinski definition) is 6. The molecule has 0 N–H and O–H groups in total. The van der Waals surface area contributed by atoms with E-state index in [1.807, 2.05) is 53.2 Å².